The number of rotatable bonds is 7. The summed E-state index contributed by atoms with van der Waals surface area (Å²) >= 11 is 7.51. The molecule has 2 N–H and O–H groups in total. The second-order valence-corrected chi connectivity index (χ2v) is 8.17. The molecule has 2 aromatic carbocycles. The number of benzene rings is 2. The average molecular weight is 458 g/mol. The molecule has 0 aliphatic heterocycles. The summed E-state index contributed by atoms with van der Waals surface area (Å²) < 4.78 is 18.7. The highest BCUT2D eigenvalue weighted by atomic mass is 35.5. The van der Waals surface area contributed by atoms with Crippen molar-refractivity contribution in [3.63, 3.8) is 0 Å². The van der Waals surface area contributed by atoms with Crippen LogP contribution in [0.4, 0.5) is 0 Å². The maximum atomic E-state index is 12.1. The van der Waals surface area contributed by atoms with Crippen molar-refractivity contribution in [3.8, 4) is 22.2 Å². The highest BCUT2D eigenvalue weighted by Crippen LogP contribution is 2.38. The molecule has 4 rings (SSSR count). The lowest BCUT2D eigenvalue weighted by Crippen LogP contribution is -2.12. The minimum Gasteiger partial charge on any atom is -0.493 e. The third kappa shape index (κ3) is 3.92. The summed E-state index contributed by atoms with van der Waals surface area (Å²) in [4.78, 5) is 16.9. The molecule has 0 saturated carbocycles. The van der Waals surface area contributed by atoms with E-state index in [0.717, 1.165) is 21.6 Å². The van der Waals surface area contributed by atoms with Crippen molar-refractivity contribution in [2.24, 2.45) is 5.73 Å². The number of carbonyl (C=O) groups is 1. The molecule has 0 aliphatic rings. The van der Waals surface area contributed by atoms with Crippen molar-refractivity contribution in [1.29, 1.82) is 0 Å². The number of nitrogens with two attached hydrogens (primary N) is 1. The second kappa shape index (κ2) is 8.49. The Morgan fingerprint density at radius 2 is 1.84 bits per heavy atom. The van der Waals surface area contributed by atoms with Gasteiger partial charge in [0.25, 0.3) is 5.91 Å². The van der Waals surface area contributed by atoms with Gasteiger partial charge in [-0.25, -0.2) is 4.98 Å². The zero-order chi connectivity index (χ0) is 22.1. The molecule has 1 atom stereocenters. The van der Waals surface area contributed by atoms with E-state index < -0.39 is 5.91 Å². The molecule has 2 aromatic heterocycles. The van der Waals surface area contributed by atoms with E-state index in [4.69, 9.17) is 31.5 Å². The van der Waals surface area contributed by atoms with E-state index in [1.54, 1.807) is 38.7 Å². The van der Waals surface area contributed by atoms with Gasteiger partial charge in [-0.2, -0.15) is 0 Å². The molecule has 31 heavy (non-hydrogen) atoms. The van der Waals surface area contributed by atoms with Crippen LogP contribution in [0.25, 0.3) is 16.0 Å². The molecule has 160 valence electrons. The third-order valence-corrected chi connectivity index (χ3v) is 6.32. The summed E-state index contributed by atoms with van der Waals surface area (Å²) in [5.74, 6) is 0.984. The van der Waals surface area contributed by atoms with E-state index >= 15 is 0 Å². The summed E-state index contributed by atoms with van der Waals surface area (Å²) in [6, 6.07) is 12.8. The van der Waals surface area contributed by atoms with Gasteiger partial charge in [0, 0.05) is 28.8 Å². The van der Waals surface area contributed by atoms with Gasteiger partial charge in [-0.3, -0.25) is 9.36 Å². The molecule has 0 radical (unpaired) electrons. The van der Waals surface area contributed by atoms with E-state index in [0.29, 0.717) is 27.1 Å². The van der Waals surface area contributed by atoms with Gasteiger partial charge in [-0.05, 0) is 13.0 Å². The maximum Gasteiger partial charge on any atom is 0.262 e. The largest absolute Gasteiger partial charge is 0.493 e. The fraction of sp³-hybridized carbons (Fsp3) is 0.182. The van der Waals surface area contributed by atoms with Gasteiger partial charge in [-0.1, -0.05) is 29.8 Å². The Morgan fingerprint density at radius 1 is 1.13 bits per heavy atom. The van der Waals surface area contributed by atoms with Crippen LogP contribution in [-0.2, 0) is 0 Å². The van der Waals surface area contributed by atoms with Crippen LogP contribution in [0.1, 0.15) is 28.3 Å². The Bertz CT molecular complexity index is 1270. The van der Waals surface area contributed by atoms with Crippen LogP contribution in [0, 0.1) is 0 Å². The zero-order valence-electron chi connectivity index (χ0n) is 17.1. The summed E-state index contributed by atoms with van der Waals surface area (Å²) in [7, 11) is 3.14. The van der Waals surface area contributed by atoms with Crippen molar-refractivity contribution in [1.82, 2.24) is 9.55 Å². The molecule has 0 aliphatic carbocycles. The number of nitrogens with zero attached hydrogens (tertiary/aromatic N) is 2. The first-order valence-electron chi connectivity index (χ1n) is 9.37. The standard InChI is InChI=1S/C22H20ClN3O4S/c1-12(13-6-4-5-7-14(13)23)30-19-10-20(31-21(19)22(24)27)26-11-25-15-8-17(28-2)18(29-3)9-16(15)26/h4-12H,1-3H3,(H2,24,27). The van der Waals surface area contributed by atoms with E-state index in [-0.39, 0.29) is 6.10 Å². The van der Waals surface area contributed by atoms with Crippen molar-refractivity contribution in [3.05, 3.63) is 64.3 Å². The first kappa shape index (κ1) is 21.0. The van der Waals surface area contributed by atoms with Gasteiger partial charge in [0.15, 0.2) is 11.5 Å². The van der Waals surface area contributed by atoms with Crippen LogP contribution >= 0.6 is 22.9 Å². The van der Waals surface area contributed by atoms with E-state index in [9.17, 15) is 4.79 Å². The van der Waals surface area contributed by atoms with E-state index in [1.807, 2.05) is 35.8 Å². The van der Waals surface area contributed by atoms with Crippen LogP contribution in [0.15, 0.2) is 48.8 Å². The number of methoxy groups -OCH3 is 2. The molecule has 0 saturated heterocycles. The molecule has 0 bridgehead atoms. The lowest BCUT2D eigenvalue weighted by molar-refractivity contribution is 0.0998. The average Bonchev–Trinajstić information content (AvgIpc) is 3.36. The second-order valence-electron chi connectivity index (χ2n) is 6.73. The lowest BCUT2D eigenvalue weighted by atomic mass is 10.1. The fourth-order valence-electron chi connectivity index (χ4n) is 3.31. The Balaban J connectivity index is 1.76. The smallest absolute Gasteiger partial charge is 0.262 e. The number of imidazole rings is 1. The molecule has 1 unspecified atom stereocenters. The first-order chi connectivity index (χ1) is 14.9. The van der Waals surface area contributed by atoms with Gasteiger partial charge in [0.1, 0.15) is 28.1 Å². The number of aromatic nitrogens is 2. The molecule has 1 amide bonds. The van der Waals surface area contributed by atoms with Gasteiger partial charge in [0.2, 0.25) is 0 Å². The minimum absolute atomic E-state index is 0.316. The number of ether oxygens (including phenoxy) is 3. The Labute approximate surface area is 187 Å². The Hall–Kier alpha value is -3.23. The monoisotopic (exact) mass is 457 g/mol. The lowest BCUT2D eigenvalue weighted by Gasteiger charge is -2.16. The number of hydrogen-bond acceptors (Lipinski definition) is 6. The fourth-order valence-corrected chi connectivity index (χ4v) is 4.53. The summed E-state index contributed by atoms with van der Waals surface area (Å²) in [6.07, 6.45) is 1.29. The Kier molecular flexibility index (Phi) is 5.75. The highest BCUT2D eigenvalue weighted by molar-refractivity contribution is 7.16. The van der Waals surface area contributed by atoms with Crippen LogP contribution in [0.2, 0.25) is 5.02 Å². The van der Waals surface area contributed by atoms with Gasteiger partial charge in [-0.15, -0.1) is 11.3 Å². The number of hydrogen-bond donors (Lipinski definition) is 1. The number of fused-ring (bicyclic) bond motifs is 1. The summed E-state index contributed by atoms with van der Waals surface area (Å²) in [5, 5.41) is 1.32. The van der Waals surface area contributed by atoms with Gasteiger partial charge in [0.05, 0.1) is 25.3 Å². The number of amides is 1. The van der Waals surface area contributed by atoms with Crippen molar-refractivity contribution in [2.75, 3.05) is 14.2 Å². The minimum atomic E-state index is -0.568. The number of halogens is 1. The molecule has 0 spiro atoms. The predicted octanol–water partition coefficient (Wildman–Crippen LogP) is 5.00. The normalized spacial score (nSPS) is 12.0. The predicted molar refractivity (Wildman–Crippen MR) is 121 cm³/mol. The van der Waals surface area contributed by atoms with Crippen LogP contribution < -0.4 is 19.9 Å². The quantitative estimate of drug-likeness (QED) is 0.422. The number of carbonyl (C=O) groups excluding carboxylic acids is 1. The van der Waals surface area contributed by atoms with Crippen molar-refractivity contribution in [2.45, 2.75) is 13.0 Å². The molecule has 0 fully saturated rings. The summed E-state index contributed by atoms with van der Waals surface area (Å²) in [6.45, 7) is 1.87. The summed E-state index contributed by atoms with van der Waals surface area (Å²) in [5.41, 5.74) is 7.96. The topological polar surface area (TPSA) is 88.6 Å². The van der Waals surface area contributed by atoms with E-state index in [2.05, 4.69) is 4.98 Å². The molecule has 2 heterocycles. The molecular weight excluding hydrogens is 438 g/mol. The van der Waals surface area contributed by atoms with Crippen LogP contribution in [0.3, 0.4) is 0 Å². The molecular formula is C22H20ClN3O4S. The van der Waals surface area contributed by atoms with Gasteiger partial charge < -0.3 is 19.9 Å². The van der Waals surface area contributed by atoms with Crippen molar-refractivity contribution < 1.29 is 19.0 Å². The van der Waals surface area contributed by atoms with Gasteiger partial charge >= 0.3 is 0 Å². The Morgan fingerprint density at radius 3 is 2.52 bits per heavy atom. The molecule has 9 heteroatoms. The SMILES string of the molecule is COc1cc2ncn(-c3cc(OC(C)c4ccccc4Cl)c(C(N)=O)s3)c2cc1OC. The first-order valence-corrected chi connectivity index (χ1v) is 10.6. The van der Waals surface area contributed by atoms with Crippen molar-refractivity contribution >= 4 is 39.9 Å². The molecule has 7 nitrogen and oxygen atoms in total. The number of primary amides is 1. The maximum absolute atomic E-state index is 12.1. The highest BCUT2D eigenvalue weighted by Gasteiger charge is 2.21. The van der Waals surface area contributed by atoms with Crippen LogP contribution in [0.5, 0.6) is 17.2 Å². The molecule has 4 aromatic rings. The van der Waals surface area contributed by atoms with E-state index in [1.165, 1.54) is 11.3 Å². The third-order valence-electron chi connectivity index (χ3n) is 4.85. The zero-order valence-corrected chi connectivity index (χ0v) is 18.7. The number of thiophene rings is 1. The van der Waals surface area contributed by atoms with Crippen LogP contribution in [-0.4, -0.2) is 29.7 Å².